The monoisotopic (exact) mass is 307 g/mol. The summed E-state index contributed by atoms with van der Waals surface area (Å²) in [6, 6.07) is 7.34. The SMILES string of the molecule is NCc1ccc(C2OCCOC2SCC(F)(F)F)cc1. The molecule has 1 aliphatic rings. The summed E-state index contributed by atoms with van der Waals surface area (Å²) in [5, 5.41) is 0. The van der Waals surface area contributed by atoms with Crippen molar-refractivity contribution in [3.05, 3.63) is 35.4 Å². The predicted molar refractivity (Wildman–Crippen MR) is 71.3 cm³/mol. The molecule has 3 nitrogen and oxygen atoms in total. The highest BCUT2D eigenvalue weighted by Gasteiger charge is 2.34. The van der Waals surface area contributed by atoms with Gasteiger partial charge >= 0.3 is 6.18 Å². The third kappa shape index (κ3) is 4.37. The first kappa shape index (κ1) is 15.6. The fourth-order valence-corrected chi connectivity index (χ4v) is 2.87. The quantitative estimate of drug-likeness (QED) is 0.929. The molecule has 112 valence electrons. The highest BCUT2D eigenvalue weighted by Crippen LogP contribution is 2.36. The van der Waals surface area contributed by atoms with Crippen LogP contribution in [0.1, 0.15) is 17.2 Å². The van der Waals surface area contributed by atoms with Crippen LogP contribution in [-0.2, 0) is 16.0 Å². The standard InChI is InChI=1S/C13H16F3NO2S/c14-13(15,16)8-20-12-11(18-5-6-19-12)10-3-1-9(7-17)2-4-10/h1-4,11-12H,5-8,17H2. The predicted octanol–water partition coefficient (Wildman–Crippen LogP) is 2.85. The fraction of sp³-hybridized carbons (Fsp3) is 0.538. The molecule has 2 unspecified atom stereocenters. The number of halogens is 3. The van der Waals surface area contributed by atoms with Gasteiger partial charge in [0.25, 0.3) is 0 Å². The van der Waals surface area contributed by atoms with E-state index < -0.39 is 23.5 Å². The van der Waals surface area contributed by atoms with Crippen LogP contribution in [0.5, 0.6) is 0 Å². The van der Waals surface area contributed by atoms with Gasteiger partial charge in [-0.3, -0.25) is 0 Å². The zero-order valence-electron chi connectivity index (χ0n) is 10.7. The number of hydrogen-bond donors (Lipinski definition) is 1. The van der Waals surface area contributed by atoms with Crippen LogP contribution in [0.3, 0.4) is 0 Å². The molecule has 0 amide bonds. The summed E-state index contributed by atoms with van der Waals surface area (Å²) < 4.78 is 47.9. The lowest BCUT2D eigenvalue weighted by atomic mass is 10.1. The zero-order valence-corrected chi connectivity index (χ0v) is 11.5. The molecule has 1 saturated heterocycles. The van der Waals surface area contributed by atoms with E-state index in [0.29, 0.717) is 19.8 Å². The average Bonchev–Trinajstić information content (AvgIpc) is 2.45. The van der Waals surface area contributed by atoms with Gasteiger partial charge in [-0.05, 0) is 11.1 Å². The molecule has 0 aliphatic carbocycles. The first-order valence-electron chi connectivity index (χ1n) is 6.20. The van der Waals surface area contributed by atoms with Crippen molar-refractivity contribution in [2.75, 3.05) is 19.0 Å². The van der Waals surface area contributed by atoms with Crippen LogP contribution < -0.4 is 5.73 Å². The number of hydrogen-bond acceptors (Lipinski definition) is 4. The summed E-state index contributed by atoms with van der Waals surface area (Å²) in [6.45, 7) is 1.12. The topological polar surface area (TPSA) is 44.5 Å². The third-order valence-electron chi connectivity index (χ3n) is 2.87. The second-order valence-electron chi connectivity index (χ2n) is 4.40. The summed E-state index contributed by atoms with van der Waals surface area (Å²) in [5.74, 6) is -0.946. The Hall–Kier alpha value is -0.760. The summed E-state index contributed by atoms with van der Waals surface area (Å²) >= 11 is 0.720. The van der Waals surface area contributed by atoms with E-state index in [4.69, 9.17) is 15.2 Å². The number of nitrogens with two attached hydrogens (primary N) is 1. The van der Waals surface area contributed by atoms with Crippen molar-refractivity contribution in [2.24, 2.45) is 5.73 Å². The van der Waals surface area contributed by atoms with Gasteiger partial charge in [0.15, 0.2) is 0 Å². The molecule has 2 rings (SSSR count). The maximum absolute atomic E-state index is 12.3. The van der Waals surface area contributed by atoms with Gasteiger partial charge in [0.05, 0.1) is 19.0 Å². The highest BCUT2D eigenvalue weighted by atomic mass is 32.2. The van der Waals surface area contributed by atoms with Crippen molar-refractivity contribution < 1.29 is 22.6 Å². The first-order valence-corrected chi connectivity index (χ1v) is 7.25. The van der Waals surface area contributed by atoms with Crippen molar-refractivity contribution >= 4 is 11.8 Å². The molecule has 20 heavy (non-hydrogen) atoms. The molecule has 0 aromatic heterocycles. The van der Waals surface area contributed by atoms with E-state index in [1.807, 2.05) is 24.3 Å². The number of alkyl halides is 3. The van der Waals surface area contributed by atoms with Crippen LogP contribution in [0.2, 0.25) is 0 Å². The number of benzene rings is 1. The van der Waals surface area contributed by atoms with Gasteiger partial charge in [0.1, 0.15) is 11.5 Å². The van der Waals surface area contributed by atoms with Crippen molar-refractivity contribution in [1.29, 1.82) is 0 Å². The third-order valence-corrected chi connectivity index (χ3v) is 4.07. The minimum Gasteiger partial charge on any atom is -0.367 e. The molecule has 1 aliphatic heterocycles. The van der Waals surface area contributed by atoms with Crippen molar-refractivity contribution in [3.8, 4) is 0 Å². The Morgan fingerprint density at radius 1 is 1.15 bits per heavy atom. The molecule has 0 spiro atoms. The molecule has 0 radical (unpaired) electrons. The molecule has 0 bridgehead atoms. The molecular weight excluding hydrogens is 291 g/mol. The highest BCUT2D eigenvalue weighted by molar-refractivity contribution is 7.99. The van der Waals surface area contributed by atoms with Crippen LogP contribution in [0.25, 0.3) is 0 Å². The van der Waals surface area contributed by atoms with Crippen LogP contribution in [0.4, 0.5) is 13.2 Å². The molecular formula is C13H16F3NO2S. The van der Waals surface area contributed by atoms with Gasteiger partial charge in [-0.1, -0.05) is 24.3 Å². The van der Waals surface area contributed by atoms with Gasteiger partial charge in [0, 0.05) is 6.54 Å². The molecule has 1 aromatic rings. The van der Waals surface area contributed by atoms with Gasteiger partial charge < -0.3 is 15.2 Å². The van der Waals surface area contributed by atoms with Crippen molar-refractivity contribution in [3.63, 3.8) is 0 Å². The molecule has 1 aromatic carbocycles. The number of rotatable bonds is 4. The molecule has 7 heteroatoms. The Bertz CT molecular complexity index is 425. The van der Waals surface area contributed by atoms with Gasteiger partial charge in [-0.25, -0.2) is 0 Å². The molecule has 1 fully saturated rings. The van der Waals surface area contributed by atoms with E-state index in [1.54, 1.807) is 0 Å². The number of ether oxygens (including phenoxy) is 2. The Balaban J connectivity index is 2.05. The zero-order chi connectivity index (χ0) is 14.6. The summed E-state index contributed by atoms with van der Waals surface area (Å²) in [5.41, 5.74) is 6.64. The minimum atomic E-state index is -4.21. The van der Waals surface area contributed by atoms with Crippen LogP contribution in [-0.4, -0.2) is 30.6 Å². The van der Waals surface area contributed by atoms with Gasteiger partial charge in [0.2, 0.25) is 0 Å². The lowest BCUT2D eigenvalue weighted by molar-refractivity contribution is -0.114. The van der Waals surface area contributed by atoms with Crippen molar-refractivity contribution in [2.45, 2.75) is 24.3 Å². The Kier molecular flexibility index (Phi) is 5.31. The van der Waals surface area contributed by atoms with E-state index in [1.165, 1.54) is 0 Å². The summed E-state index contributed by atoms with van der Waals surface area (Å²) in [6.07, 6.45) is -4.69. The minimum absolute atomic E-state index is 0.312. The second-order valence-corrected chi connectivity index (χ2v) is 5.49. The summed E-state index contributed by atoms with van der Waals surface area (Å²) in [4.78, 5) is 0. The molecule has 1 heterocycles. The molecule has 2 atom stereocenters. The normalized spacial score (nSPS) is 23.8. The Morgan fingerprint density at radius 2 is 1.80 bits per heavy atom. The van der Waals surface area contributed by atoms with E-state index >= 15 is 0 Å². The van der Waals surface area contributed by atoms with Crippen LogP contribution >= 0.6 is 11.8 Å². The lowest BCUT2D eigenvalue weighted by Gasteiger charge is -2.32. The van der Waals surface area contributed by atoms with Crippen molar-refractivity contribution in [1.82, 2.24) is 0 Å². The lowest BCUT2D eigenvalue weighted by Crippen LogP contribution is -2.31. The first-order chi connectivity index (χ1) is 9.49. The maximum atomic E-state index is 12.3. The second kappa shape index (κ2) is 6.80. The van der Waals surface area contributed by atoms with Gasteiger partial charge in [-0.15, -0.1) is 11.8 Å². The number of thioether (sulfide) groups is 1. The maximum Gasteiger partial charge on any atom is 0.397 e. The molecule has 2 N–H and O–H groups in total. The van der Waals surface area contributed by atoms with Crippen LogP contribution in [0.15, 0.2) is 24.3 Å². The van der Waals surface area contributed by atoms with E-state index in [-0.39, 0.29) is 0 Å². The fourth-order valence-electron chi connectivity index (χ4n) is 1.91. The largest absolute Gasteiger partial charge is 0.397 e. The van der Waals surface area contributed by atoms with Gasteiger partial charge in [-0.2, -0.15) is 13.2 Å². The smallest absolute Gasteiger partial charge is 0.367 e. The Morgan fingerprint density at radius 3 is 2.40 bits per heavy atom. The van der Waals surface area contributed by atoms with E-state index in [9.17, 15) is 13.2 Å². The van der Waals surface area contributed by atoms with E-state index in [0.717, 1.165) is 22.9 Å². The van der Waals surface area contributed by atoms with Crippen LogP contribution in [0, 0.1) is 0 Å². The Labute approximate surface area is 119 Å². The molecule has 0 saturated carbocycles. The average molecular weight is 307 g/mol. The van der Waals surface area contributed by atoms with E-state index in [2.05, 4.69) is 0 Å². The summed E-state index contributed by atoms with van der Waals surface area (Å²) in [7, 11) is 0.